The smallest absolute Gasteiger partial charge is 0.276 e. The van der Waals surface area contributed by atoms with Crippen LogP contribution >= 0.6 is 0 Å². The first-order chi connectivity index (χ1) is 13.9. The van der Waals surface area contributed by atoms with Crippen LogP contribution in [0, 0.1) is 0 Å². The zero-order valence-electron chi connectivity index (χ0n) is 16.8. The van der Waals surface area contributed by atoms with Crippen molar-refractivity contribution >= 4 is 23.2 Å². The van der Waals surface area contributed by atoms with Crippen molar-refractivity contribution in [2.24, 2.45) is 0 Å². The van der Waals surface area contributed by atoms with E-state index in [2.05, 4.69) is 46.4 Å². The minimum Gasteiger partial charge on any atom is -0.348 e. The number of Topliss-reactive ketones (excluding diaryl/α,β-unsaturated/α-hetero) is 1. The molecule has 0 aliphatic carbocycles. The summed E-state index contributed by atoms with van der Waals surface area (Å²) in [6.45, 7) is 6.37. The summed E-state index contributed by atoms with van der Waals surface area (Å²) in [5.41, 5.74) is 2.47. The van der Waals surface area contributed by atoms with Gasteiger partial charge < -0.3 is 10.2 Å². The maximum absolute atomic E-state index is 12.5. The van der Waals surface area contributed by atoms with Gasteiger partial charge in [-0.25, -0.2) is 0 Å². The van der Waals surface area contributed by atoms with Crippen molar-refractivity contribution in [1.82, 2.24) is 10.2 Å². The first-order valence-corrected chi connectivity index (χ1v) is 9.50. The fraction of sp³-hybridized carbons (Fsp3) is 0.217. The summed E-state index contributed by atoms with van der Waals surface area (Å²) >= 11 is 0. The summed E-state index contributed by atoms with van der Waals surface area (Å²) in [5, 5.41) is 11.1. The number of carbonyl (C=O) groups excluding carboxylic acids is 2. The molecule has 1 heterocycles. The van der Waals surface area contributed by atoms with Crippen LogP contribution in [-0.2, 0) is 6.54 Å². The maximum Gasteiger partial charge on any atom is 0.276 e. The van der Waals surface area contributed by atoms with Gasteiger partial charge in [0.1, 0.15) is 0 Å². The highest BCUT2D eigenvalue weighted by atomic mass is 16.2. The van der Waals surface area contributed by atoms with E-state index in [1.807, 2.05) is 18.2 Å². The van der Waals surface area contributed by atoms with Crippen LogP contribution < -0.4 is 10.2 Å². The summed E-state index contributed by atoms with van der Waals surface area (Å²) in [6, 6.07) is 20.6. The second kappa shape index (κ2) is 9.10. The van der Waals surface area contributed by atoms with Gasteiger partial charge in [-0.15, -0.1) is 10.2 Å². The highest BCUT2D eigenvalue weighted by Crippen LogP contribution is 2.18. The molecule has 0 unspecified atom stereocenters. The van der Waals surface area contributed by atoms with Crippen molar-refractivity contribution in [1.29, 1.82) is 0 Å². The molecule has 0 radical (unpaired) electrons. The van der Waals surface area contributed by atoms with Crippen LogP contribution in [0.3, 0.4) is 0 Å². The Bertz CT molecular complexity index is 985. The Morgan fingerprint density at radius 3 is 2.34 bits per heavy atom. The lowest BCUT2D eigenvalue weighted by atomic mass is 10.1. The highest BCUT2D eigenvalue weighted by Gasteiger charge is 2.15. The predicted molar refractivity (Wildman–Crippen MR) is 114 cm³/mol. The number of amides is 1. The Kier molecular flexibility index (Phi) is 6.34. The number of ketones is 1. The number of anilines is 2. The van der Waals surface area contributed by atoms with Crippen LogP contribution in [-0.4, -0.2) is 27.9 Å². The average molecular weight is 388 g/mol. The van der Waals surface area contributed by atoms with Crippen LogP contribution in [0.2, 0.25) is 0 Å². The van der Waals surface area contributed by atoms with Crippen molar-refractivity contribution in [3.63, 3.8) is 0 Å². The van der Waals surface area contributed by atoms with E-state index < -0.39 is 0 Å². The lowest BCUT2D eigenvalue weighted by molar-refractivity contribution is 0.100. The van der Waals surface area contributed by atoms with E-state index in [-0.39, 0.29) is 23.4 Å². The normalized spacial score (nSPS) is 10.6. The number of hydrogen-bond acceptors (Lipinski definition) is 5. The minimum atomic E-state index is -0.371. The van der Waals surface area contributed by atoms with Gasteiger partial charge in [0.15, 0.2) is 17.3 Å². The second-order valence-electron chi connectivity index (χ2n) is 7.08. The number of aromatic nitrogens is 2. The Morgan fingerprint density at radius 2 is 1.72 bits per heavy atom. The van der Waals surface area contributed by atoms with Gasteiger partial charge in [-0.05, 0) is 50.6 Å². The third kappa shape index (κ3) is 5.25. The van der Waals surface area contributed by atoms with Crippen LogP contribution in [0.5, 0.6) is 0 Å². The standard InChI is InChI=1S/C23H24N4O2/c1-16(2)27(15-18-8-5-4-6-9-18)22-13-12-21(25-26-22)23(29)24-20-11-7-10-19(14-20)17(3)28/h4-14,16H,15H2,1-3H3,(H,24,29). The van der Waals surface area contributed by atoms with Gasteiger partial charge in [0, 0.05) is 23.8 Å². The SMILES string of the molecule is CC(=O)c1cccc(NC(=O)c2ccc(N(Cc3ccccc3)C(C)C)nn2)c1. The molecule has 29 heavy (non-hydrogen) atoms. The molecular weight excluding hydrogens is 364 g/mol. The second-order valence-corrected chi connectivity index (χ2v) is 7.08. The average Bonchev–Trinajstić information content (AvgIpc) is 2.73. The van der Waals surface area contributed by atoms with E-state index in [1.54, 1.807) is 36.4 Å². The molecule has 0 atom stereocenters. The van der Waals surface area contributed by atoms with E-state index in [0.717, 1.165) is 0 Å². The van der Waals surface area contributed by atoms with Gasteiger partial charge in [-0.2, -0.15) is 0 Å². The number of carbonyl (C=O) groups is 2. The molecule has 6 heteroatoms. The third-order valence-corrected chi connectivity index (χ3v) is 4.52. The summed E-state index contributed by atoms with van der Waals surface area (Å²) in [6.07, 6.45) is 0. The molecule has 0 spiro atoms. The summed E-state index contributed by atoms with van der Waals surface area (Å²) < 4.78 is 0. The monoisotopic (exact) mass is 388 g/mol. The lowest BCUT2D eigenvalue weighted by Crippen LogP contribution is -2.31. The van der Waals surface area contributed by atoms with E-state index >= 15 is 0 Å². The van der Waals surface area contributed by atoms with Gasteiger partial charge in [-0.3, -0.25) is 9.59 Å². The van der Waals surface area contributed by atoms with Crippen molar-refractivity contribution in [3.05, 3.63) is 83.6 Å². The Hall–Kier alpha value is -3.54. The van der Waals surface area contributed by atoms with Gasteiger partial charge in [-0.1, -0.05) is 42.5 Å². The molecule has 3 aromatic rings. The number of hydrogen-bond donors (Lipinski definition) is 1. The minimum absolute atomic E-state index is 0.0579. The number of rotatable bonds is 7. The lowest BCUT2D eigenvalue weighted by Gasteiger charge is -2.27. The predicted octanol–water partition coefficient (Wildman–Crippen LogP) is 4.35. The van der Waals surface area contributed by atoms with E-state index in [1.165, 1.54) is 12.5 Å². The molecule has 0 aliphatic heterocycles. The first kappa shape index (κ1) is 20.2. The van der Waals surface area contributed by atoms with Crippen molar-refractivity contribution < 1.29 is 9.59 Å². The van der Waals surface area contributed by atoms with Gasteiger partial charge in [0.2, 0.25) is 0 Å². The van der Waals surface area contributed by atoms with Crippen LogP contribution in [0.15, 0.2) is 66.7 Å². The summed E-state index contributed by atoms with van der Waals surface area (Å²) in [7, 11) is 0. The number of nitrogens with one attached hydrogen (secondary N) is 1. The van der Waals surface area contributed by atoms with Crippen molar-refractivity contribution in [2.45, 2.75) is 33.4 Å². The molecule has 6 nitrogen and oxygen atoms in total. The molecular formula is C23H24N4O2. The quantitative estimate of drug-likeness (QED) is 0.609. The molecule has 148 valence electrons. The van der Waals surface area contributed by atoms with E-state index in [9.17, 15) is 9.59 Å². The van der Waals surface area contributed by atoms with Gasteiger partial charge >= 0.3 is 0 Å². The highest BCUT2D eigenvalue weighted by molar-refractivity contribution is 6.03. The molecule has 1 amide bonds. The fourth-order valence-electron chi connectivity index (χ4n) is 2.92. The van der Waals surface area contributed by atoms with Crippen molar-refractivity contribution in [2.75, 3.05) is 10.2 Å². The summed E-state index contributed by atoms with van der Waals surface area (Å²) in [4.78, 5) is 26.1. The zero-order valence-corrected chi connectivity index (χ0v) is 16.8. The Morgan fingerprint density at radius 1 is 0.966 bits per heavy atom. The number of nitrogens with zero attached hydrogens (tertiary/aromatic N) is 3. The Labute approximate surface area is 170 Å². The Balaban J connectivity index is 1.73. The van der Waals surface area contributed by atoms with E-state index in [4.69, 9.17) is 0 Å². The first-order valence-electron chi connectivity index (χ1n) is 9.50. The molecule has 0 bridgehead atoms. The largest absolute Gasteiger partial charge is 0.348 e. The molecule has 0 fully saturated rings. The fourth-order valence-corrected chi connectivity index (χ4v) is 2.92. The molecule has 0 aliphatic rings. The van der Waals surface area contributed by atoms with Gasteiger partial charge in [0.25, 0.3) is 5.91 Å². The van der Waals surface area contributed by atoms with Gasteiger partial charge in [0.05, 0.1) is 0 Å². The molecule has 1 aromatic heterocycles. The van der Waals surface area contributed by atoms with Crippen LogP contribution in [0.1, 0.15) is 47.2 Å². The van der Waals surface area contributed by atoms with E-state index in [0.29, 0.717) is 23.6 Å². The molecule has 0 saturated heterocycles. The topological polar surface area (TPSA) is 75.2 Å². The molecule has 3 rings (SSSR count). The third-order valence-electron chi connectivity index (χ3n) is 4.52. The number of benzene rings is 2. The summed E-state index contributed by atoms with van der Waals surface area (Å²) in [5.74, 6) is 0.278. The van der Waals surface area contributed by atoms with Crippen LogP contribution in [0.25, 0.3) is 0 Å². The molecule has 0 saturated carbocycles. The molecule has 1 N–H and O–H groups in total. The van der Waals surface area contributed by atoms with Crippen molar-refractivity contribution in [3.8, 4) is 0 Å². The zero-order chi connectivity index (χ0) is 20.8. The molecule has 2 aromatic carbocycles. The maximum atomic E-state index is 12.5. The van der Waals surface area contributed by atoms with Crippen LogP contribution in [0.4, 0.5) is 11.5 Å².